The van der Waals surface area contributed by atoms with Crippen molar-refractivity contribution in [1.82, 2.24) is 39.9 Å². The second-order valence-electron chi connectivity index (χ2n) is 44.8. The van der Waals surface area contributed by atoms with Crippen molar-refractivity contribution in [2.45, 2.75) is 209 Å². The largest absolute Gasteiger partial charge is 0.453 e. The van der Waals surface area contributed by atoms with E-state index in [4.69, 9.17) is 58.3 Å². The van der Waals surface area contributed by atoms with Crippen LogP contribution in [0, 0.1) is 22.7 Å². The zero-order chi connectivity index (χ0) is 94.2. The molecule has 16 nitrogen and oxygen atoms in total. The van der Waals surface area contributed by atoms with Gasteiger partial charge in [-0.3, -0.25) is 0 Å². The Kier molecular flexibility index (Phi) is 19.2. The Morgan fingerprint density at radius 3 is 0.619 bits per heavy atom. The first kappa shape index (κ1) is 86.0. The number of H-pyrrole nitrogens is 2. The van der Waals surface area contributed by atoms with Crippen LogP contribution in [-0.4, -0.2) is 39.9 Å². The highest BCUT2D eigenvalue weighted by Crippen LogP contribution is 2.62. The van der Waals surface area contributed by atoms with Crippen LogP contribution in [0.5, 0.6) is 69.0 Å². The molecule has 0 saturated carbocycles. The van der Waals surface area contributed by atoms with Crippen molar-refractivity contribution in [1.29, 1.82) is 10.5 Å². The van der Waals surface area contributed by atoms with Crippen LogP contribution in [-0.2, 0) is 43.3 Å². The maximum absolute atomic E-state index is 11.6. The highest BCUT2D eigenvalue weighted by atomic mass is 16.5. The summed E-state index contributed by atoms with van der Waals surface area (Å²) in [5.41, 5.74) is 20.4. The fourth-order valence-electron chi connectivity index (χ4n) is 19.1. The number of nitriles is 2. The van der Waals surface area contributed by atoms with Crippen LogP contribution in [0.4, 0.5) is 0 Å². The van der Waals surface area contributed by atoms with Gasteiger partial charge in [-0.15, -0.1) is 0 Å². The average Bonchev–Trinajstić information content (AvgIpc) is 1.37. The molecule has 3 aliphatic carbocycles. The van der Waals surface area contributed by atoms with Crippen molar-refractivity contribution in [2.75, 3.05) is 0 Å². The fourth-order valence-corrected chi connectivity index (χ4v) is 19.1. The Hall–Kier alpha value is -14.7. The average molecular weight is 1760 g/mol. The molecule has 0 spiro atoms. The molecular weight excluding hydrogens is 1650 g/mol. The van der Waals surface area contributed by atoms with E-state index >= 15 is 0 Å². The predicted molar refractivity (Wildman–Crippen MR) is 539 cm³/mol. The van der Waals surface area contributed by atoms with Crippen LogP contribution >= 0.6 is 0 Å². The van der Waals surface area contributed by atoms with Gasteiger partial charge in [-0.25, -0.2) is 29.9 Å². The van der Waals surface area contributed by atoms with Crippen molar-refractivity contribution in [3.8, 4) is 148 Å². The number of nitrogens with one attached hydrogen (secondary N) is 2. The Labute approximate surface area is 782 Å². The van der Waals surface area contributed by atoms with Crippen molar-refractivity contribution < 1.29 is 28.4 Å². The number of nitrogens with zero attached hydrogens (tertiary/aromatic N) is 8. The highest BCUT2D eigenvalue weighted by Gasteiger charge is 2.43. The van der Waals surface area contributed by atoms with Gasteiger partial charge < -0.3 is 38.4 Å². The van der Waals surface area contributed by atoms with E-state index < -0.39 is 10.8 Å². The van der Waals surface area contributed by atoms with Gasteiger partial charge in [-0.05, 0) is 276 Å². The molecule has 134 heavy (non-hydrogen) atoms. The van der Waals surface area contributed by atoms with Crippen molar-refractivity contribution in [3.05, 3.63) is 285 Å². The molecule has 0 radical (unpaired) electrons. The molecule has 0 amide bonds. The number of ether oxygens (including phenoxy) is 6. The molecule has 5 heterocycles. The van der Waals surface area contributed by atoms with E-state index in [1.807, 2.05) is 109 Å². The van der Waals surface area contributed by atoms with Gasteiger partial charge >= 0.3 is 0 Å². The molecule has 13 aromatic carbocycles. The summed E-state index contributed by atoms with van der Waals surface area (Å²) >= 11 is 0. The second-order valence-corrected chi connectivity index (χ2v) is 44.8. The molecule has 666 valence electrons. The SMILES string of the molecule is CC(C)(C)c1ccc(Oc2cc3c(cc2Oc2ccc(C(C)(C)C)cc2)C2=C3c3nc2nc2[nH]c(nc4nc(nc5[nH]c(n3)c3c5-c5cc(Oc6ccc(C(C)(C)C)cc6)c(Oc6ccc(C(C)(C)C)cc6)cc5-3)-c3c-4c4cc(C(C)(C)C)cc5c(C#N)c(C#N)c6cc(C(C)(C)C)cc3c6c54)c3c2-c2cc(Oc4ccc(C(C)(C)C)cc4)c(Oc4ccc(C(C)(C)C)cc4)cc2-3)cc1. The summed E-state index contributed by atoms with van der Waals surface area (Å²) in [5.74, 6) is 8.04. The lowest BCUT2D eigenvalue weighted by Gasteiger charge is -2.26. The summed E-state index contributed by atoms with van der Waals surface area (Å²) in [6, 6.07) is 75.7. The Morgan fingerprint density at radius 2 is 0.410 bits per heavy atom. The molecule has 21 rings (SSSR count). The van der Waals surface area contributed by atoms with Crippen molar-refractivity contribution >= 4 is 66.1 Å². The molecule has 0 fully saturated rings. The monoisotopic (exact) mass is 1760 g/mol. The van der Waals surface area contributed by atoms with E-state index in [1.165, 1.54) is 11.1 Å². The molecule has 2 aliphatic heterocycles. The summed E-state index contributed by atoms with van der Waals surface area (Å²) in [6.07, 6.45) is 0. The maximum atomic E-state index is 11.6. The molecule has 3 aromatic heterocycles. The summed E-state index contributed by atoms with van der Waals surface area (Å²) in [6.45, 7) is 52.7. The normalized spacial score (nSPS) is 13.3. The third-order valence-electron chi connectivity index (χ3n) is 27.0. The molecule has 0 unspecified atom stereocenters. The smallest absolute Gasteiger partial charge is 0.170 e. The topological polar surface area (TPSA) is 212 Å². The molecule has 0 atom stereocenters. The first-order valence-corrected chi connectivity index (χ1v) is 46.3. The second kappa shape index (κ2) is 29.9. The minimum absolute atomic E-state index is 0.108. The van der Waals surface area contributed by atoms with Gasteiger partial charge in [0.15, 0.2) is 57.8 Å². The summed E-state index contributed by atoms with van der Waals surface area (Å²) in [4.78, 5) is 43.0. The summed E-state index contributed by atoms with van der Waals surface area (Å²) < 4.78 is 42.7. The third kappa shape index (κ3) is 14.6. The number of fused-ring (bicyclic) bond motifs is 30. The zero-order valence-electron chi connectivity index (χ0n) is 80.7. The number of benzene rings is 13. The number of aromatic amines is 2. The van der Waals surface area contributed by atoms with E-state index in [9.17, 15) is 10.5 Å². The van der Waals surface area contributed by atoms with Crippen molar-refractivity contribution in [2.24, 2.45) is 0 Å². The first-order chi connectivity index (χ1) is 63.3. The van der Waals surface area contributed by atoms with Gasteiger partial charge in [0.25, 0.3) is 0 Å². The molecule has 0 saturated heterocycles. The maximum Gasteiger partial charge on any atom is 0.170 e. The van der Waals surface area contributed by atoms with Crippen molar-refractivity contribution in [3.63, 3.8) is 0 Å². The van der Waals surface area contributed by atoms with Gasteiger partial charge in [0.05, 0.1) is 11.1 Å². The Morgan fingerprint density at radius 1 is 0.216 bits per heavy atom. The van der Waals surface area contributed by atoms with Gasteiger partial charge in [0.2, 0.25) is 0 Å². The van der Waals surface area contributed by atoms with Crippen LogP contribution in [0.25, 0.3) is 133 Å². The molecule has 5 aliphatic rings. The lowest BCUT2D eigenvalue weighted by atomic mass is 9.77. The van der Waals surface area contributed by atoms with Crippen LogP contribution in [0.3, 0.4) is 0 Å². The highest BCUT2D eigenvalue weighted by molar-refractivity contribution is 6.33. The number of rotatable bonds is 12. The zero-order valence-corrected chi connectivity index (χ0v) is 80.7. The number of aromatic nitrogens is 8. The quantitative estimate of drug-likeness (QED) is 0.109. The van der Waals surface area contributed by atoms with Gasteiger partial charge in [-0.2, -0.15) is 10.5 Å². The van der Waals surface area contributed by atoms with Gasteiger partial charge in [-0.1, -0.05) is 239 Å². The molecule has 8 bridgehead atoms. The number of hydrogen-bond acceptors (Lipinski definition) is 14. The van der Waals surface area contributed by atoms with E-state index in [0.29, 0.717) is 148 Å². The lowest BCUT2D eigenvalue weighted by molar-refractivity contribution is 0.418. The Balaban J connectivity index is 0.874. The van der Waals surface area contributed by atoms with Gasteiger partial charge in [0.1, 0.15) is 69.2 Å². The predicted octanol–water partition coefficient (Wildman–Crippen LogP) is 31.6. The van der Waals surface area contributed by atoms with E-state index in [0.717, 1.165) is 122 Å². The number of hydrogen-bond donors (Lipinski definition) is 2. The first-order valence-electron chi connectivity index (χ1n) is 46.3. The van der Waals surface area contributed by atoms with Crippen LogP contribution in [0.15, 0.2) is 206 Å². The van der Waals surface area contributed by atoms with Gasteiger partial charge in [0, 0.05) is 55.3 Å². The lowest BCUT2D eigenvalue weighted by Crippen LogP contribution is -2.13. The summed E-state index contributed by atoms with van der Waals surface area (Å²) in [7, 11) is 0. The minimum atomic E-state index is -0.472. The molecular formula is C118H108N10O6. The fraction of sp³-hybridized carbons (Fsp3) is 0.271. The third-order valence-corrected chi connectivity index (χ3v) is 27.0. The van der Waals surface area contributed by atoms with E-state index in [2.05, 4.69) is 285 Å². The summed E-state index contributed by atoms with van der Waals surface area (Å²) in [5, 5.41) is 27.8. The van der Waals surface area contributed by atoms with Crippen LogP contribution < -0.4 is 28.4 Å². The standard InChI is InChI=1S/C118H108N10O6/c1-111(2,3)61-25-37-69(38-26-61)129-87-53-77-78(54-88(87)130-70-39-27-62(28-40-70)112(4,5)6)96-95(77)103-121-104(96)123-106-98-80-56-90(132-72-43-31-64(32-44-72)114(10,11)12)92(134-74-47-35-66(36-48-74)116(16,17)18)58-82(80)100(98)108(125-106)127-110-102-84-52-68(118(22,23)24)50-76-86(60-120)85(59-119)75-49-67(117(19,20)21)51-83(93(75)94(76)84)101(102)109(128-110)126-107-99-81-57-91(133-73-45-33-65(34-46-73)115(13,14)15)89(55-79(81)97(99)105(122-103)124-107)131-71-41-29-63(30-42-71)113(7,8)9/h25-58H,1-24H3,(H2,121,122,123,124,125,126,127,128). The molecule has 16 heteroatoms. The Bertz CT molecular complexity index is 7540. The molecule has 16 aromatic rings. The molecule has 2 N–H and O–H groups in total. The van der Waals surface area contributed by atoms with Crippen LogP contribution in [0.2, 0.25) is 0 Å². The van der Waals surface area contributed by atoms with E-state index in [1.54, 1.807) is 0 Å². The van der Waals surface area contributed by atoms with Crippen LogP contribution in [0.1, 0.15) is 245 Å². The minimum Gasteiger partial charge on any atom is -0.453 e. The van der Waals surface area contributed by atoms with E-state index in [-0.39, 0.29) is 32.5 Å².